The van der Waals surface area contributed by atoms with Gasteiger partial charge < -0.3 is 4.74 Å². The van der Waals surface area contributed by atoms with Gasteiger partial charge in [0.05, 0.1) is 4.91 Å². The average Bonchev–Trinajstić information content (AvgIpc) is 2.52. The van der Waals surface area contributed by atoms with Crippen LogP contribution in [0.4, 0.5) is 0 Å². The van der Waals surface area contributed by atoms with Crippen LogP contribution in [0.5, 0.6) is 0 Å². The van der Waals surface area contributed by atoms with E-state index in [0.717, 1.165) is 9.80 Å². The van der Waals surface area contributed by atoms with Gasteiger partial charge in [0.2, 0.25) is 0 Å². The van der Waals surface area contributed by atoms with Crippen LogP contribution in [0.1, 0.15) is 0 Å². The highest BCUT2D eigenvalue weighted by Crippen LogP contribution is 2.34. The zero-order chi connectivity index (χ0) is 9.97. The maximum atomic E-state index is 10.9. The highest BCUT2D eigenvalue weighted by molar-refractivity contribution is 8.03. The van der Waals surface area contributed by atoms with Gasteiger partial charge in [-0.15, -0.1) is 0 Å². The van der Waals surface area contributed by atoms with Gasteiger partial charge >= 0.3 is 5.97 Å². The molecule has 0 aliphatic carbocycles. The SMILES string of the molecule is O=C1OCC(Sc2ccccc2)=C1Cl. The molecule has 2 rings (SSSR count). The van der Waals surface area contributed by atoms with Crippen molar-refractivity contribution < 1.29 is 9.53 Å². The zero-order valence-corrected chi connectivity index (χ0v) is 8.77. The number of benzene rings is 1. The minimum absolute atomic E-state index is 0.207. The second-order valence-electron chi connectivity index (χ2n) is 2.73. The smallest absolute Gasteiger partial charge is 0.351 e. The second kappa shape index (κ2) is 4.07. The van der Waals surface area contributed by atoms with Crippen molar-refractivity contribution in [3.8, 4) is 0 Å². The van der Waals surface area contributed by atoms with E-state index in [4.69, 9.17) is 16.3 Å². The average molecular weight is 227 g/mol. The third-order valence-electron chi connectivity index (χ3n) is 1.74. The third kappa shape index (κ3) is 1.94. The van der Waals surface area contributed by atoms with Gasteiger partial charge in [-0.25, -0.2) is 4.79 Å². The maximum absolute atomic E-state index is 10.9. The fourth-order valence-corrected chi connectivity index (χ4v) is 2.17. The minimum atomic E-state index is -0.426. The number of ether oxygens (including phenoxy) is 1. The van der Waals surface area contributed by atoms with Crippen molar-refractivity contribution in [1.29, 1.82) is 0 Å². The molecule has 0 N–H and O–H groups in total. The predicted molar refractivity (Wildman–Crippen MR) is 56.1 cm³/mol. The lowest BCUT2D eigenvalue weighted by Crippen LogP contribution is -1.93. The predicted octanol–water partition coefficient (Wildman–Crippen LogP) is 2.79. The first kappa shape index (κ1) is 9.62. The van der Waals surface area contributed by atoms with E-state index < -0.39 is 5.97 Å². The Hall–Kier alpha value is -0.930. The van der Waals surface area contributed by atoms with Crippen LogP contribution in [0.3, 0.4) is 0 Å². The van der Waals surface area contributed by atoms with E-state index in [9.17, 15) is 4.79 Å². The number of hydrogen-bond acceptors (Lipinski definition) is 3. The van der Waals surface area contributed by atoms with Crippen molar-refractivity contribution in [2.24, 2.45) is 0 Å². The van der Waals surface area contributed by atoms with E-state index in [1.165, 1.54) is 11.8 Å². The molecule has 1 aliphatic rings. The number of hydrogen-bond donors (Lipinski definition) is 0. The molecule has 1 aromatic rings. The zero-order valence-electron chi connectivity index (χ0n) is 7.20. The fourth-order valence-electron chi connectivity index (χ4n) is 1.08. The van der Waals surface area contributed by atoms with Gasteiger partial charge in [0.15, 0.2) is 0 Å². The number of esters is 1. The van der Waals surface area contributed by atoms with Crippen LogP contribution in [-0.2, 0) is 9.53 Å². The number of rotatable bonds is 2. The Morgan fingerprint density at radius 1 is 1.29 bits per heavy atom. The summed E-state index contributed by atoms with van der Waals surface area (Å²) in [5, 5.41) is 0.207. The van der Waals surface area contributed by atoms with Gasteiger partial charge in [0, 0.05) is 4.90 Å². The van der Waals surface area contributed by atoms with Crippen molar-refractivity contribution in [1.82, 2.24) is 0 Å². The van der Waals surface area contributed by atoms with Crippen LogP contribution in [0, 0.1) is 0 Å². The van der Waals surface area contributed by atoms with Crippen molar-refractivity contribution in [2.75, 3.05) is 6.61 Å². The lowest BCUT2D eigenvalue weighted by atomic mass is 10.4. The molecule has 0 spiro atoms. The maximum Gasteiger partial charge on any atom is 0.351 e. The Kier molecular flexibility index (Phi) is 2.79. The molecule has 1 aliphatic heterocycles. The molecule has 0 unspecified atom stereocenters. The Bertz CT molecular complexity index is 386. The Morgan fingerprint density at radius 2 is 2.00 bits per heavy atom. The van der Waals surface area contributed by atoms with E-state index in [0.29, 0.717) is 0 Å². The van der Waals surface area contributed by atoms with Crippen molar-refractivity contribution in [3.63, 3.8) is 0 Å². The molecule has 0 saturated carbocycles. The van der Waals surface area contributed by atoms with Crippen LogP contribution < -0.4 is 0 Å². The third-order valence-corrected chi connectivity index (χ3v) is 3.31. The Morgan fingerprint density at radius 3 is 2.57 bits per heavy atom. The van der Waals surface area contributed by atoms with Gasteiger partial charge in [0.1, 0.15) is 11.6 Å². The largest absolute Gasteiger partial charge is 0.456 e. The van der Waals surface area contributed by atoms with E-state index in [-0.39, 0.29) is 11.6 Å². The molecular weight excluding hydrogens is 220 g/mol. The van der Waals surface area contributed by atoms with Gasteiger partial charge in [-0.05, 0) is 12.1 Å². The summed E-state index contributed by atoms with van der Waals surface area (Å²) in [4.78, 5) is 12.8. The Balaban J connectivity index is 2.17. The van der Waals surface area contributed by atoms with Gasteiger partial charge in [0.25, 0.3) is 0 Å². The lowest BCUT2D eigenvalue weighted by molar-refractivity contribution is -0.135. The monoisotopic (exact) mass is 226 g/mol. The fraction of sp³-hybridized carbons (Fsp3) is 0.100. The topological polar surface area (TPSA) is 26.3 Å². The molecule has 0 atom stereocenters. The Labute approximate surface area is 90.9 Å². The van der Waals surface area contributed by atoms with Crippen LogP contribution in [0.15, 0.2) is 45.2 Å². The van der Waals surface area contributed by atoms with Crippen LogP contribution in [0.2, 0.25) is 0 Å². The molecule has 0 aromatic heterocycles. The quantitative estimate of drug-likeness (QED) is 0.726. The summed E-state index contributed by atoms with van der Waals surface area (Å²) in [6.45, 7) is 0.289. The van der Waals surface area contributed by atoms with Crippen molar-refractivity contribution >= 4 is 29.3 Å². The standard InChI is InChI=1S/C10H7ClO2S/c11-9-8(6-13-10(9)12)14-7-4-2-1-3-5-7/h1-5H,6H2. The van der Waals surface area contributed by atoms with E-state index in [1.807, 2.05) is 30.3 Å². The molecule has 1 aromatic carbocycles. The van der Waals surface area contributed by atoms with Crippen LogP contribution in [-0.4, -0.2) is 12.6 Å². The first-order chi connectivity index (χ1) is 6.77. The normalized spacial score (nSPS) is 15.9. The first-order valence-electron chi connectivity index (χ1n) is 4.06. The molecule has 2 nitrogen and oxygen atoms in total. The molecule has 0 fully saturated rings. The van der Waals surface area contributed by atoms with Gasteiger partial charge in [-0.1, -0.05) is 41.6 Å². The summed E-state index contributed by atoms with van der Waals surface area (Å²) in [6.07, 6.45) is 0. The van der Waals surface area contributed by atoms with Crippen LogP contribution >= 0.6 is 23.4 Å². The summed E-state index contributed by atoms with van der Waals surface area (Å²) in [6, 6.07) is 9.74. The van der Waals surface area contributed by atoms with Crippen molar-refractivity contribution in [2.45, 2.75) is 4.90 Å². The molecule has 0 saturated heterocycles. The number of halogens is 1. The molecule has 1 heterocycles. The van der Waals surface area contributed by atoms with Gasteiger partial charge in [-0.3, -0.25) is 0 Å². The summed E-state index contributed by atoms with van der Waals surface area (Å²) in [5.74, 6) is -0.426. The highest BCUT2D eigenvalue weighted by Gasteiger charge is 2.23. The number of cyclic esters (lactones) is 1. The summed E-state index contributed by atoms with van der Waals surface area (Å²) >= 11 is 7.23. The summed E-state index contributed by atoms with van der Waals surface area (Å²) in [7, 11) is 0. The molecule has 0 amide bonds. The number of carbonyl (C=O) groups excluding carboxylic acids is 1. The van der Waals surface area contributed by atoms with E-state index in [2.05, 4.69) is 0 Å². The van der Waals surface area contributed by atoms with E-state index >= 15 is 0 Å². The van der Waals surface area contributed by atoms with Crippen LogP contribution in [0.25, 0.3) is 0 Å². The summed E-state index contributed by atoms with van der Waals surface area (Å²) < 4.78 is 4.78. The molecule has 4 heteroatoms. The molecule has 0 radical (unpaired) electrons. The lowest BCUT2D eigenvalue weighted by Gasteiger charge is -1.99. The van der Waals surface area contributed by atoms with E-state index in [1.54, 1.807) is 0 Å². The highest BCUT2D eigenvalue weighted by atomic mass is 35.5. The van der Waals surface area contributed by atoms with Crippen molar-refractivity contribution in [3.05, 3.63) is 40.3 Å². The molecule has 72 valence electrons. The molecular formula is C10H7ClO2S. The summed E-state index contributed by atoms with van der Waals surface area (Å²) in [5.41, 5.74) is 0. The minimum Gasteiger partial charge on any atom is -0.456 e. The number of carbonyl (C=O) groups is 1. The van der Waals surface area contributed by atoms with Gasteiger partial charge in [-0.2, -0.15) is 0 Å². The number of thioether (sulfide) groups is 1. The molecule has 14 heavy (non-hydrogen) atoms. The molecule has 0 bridgehead atoms. The first-order valence-corrected chi connectivity index (χ1v) is 5.25. The second-order valence-corrected chi connectivity index (χ2v) is 4.27.